The molecule has 1 atom stereocenters. The van der Waals surface area contributed by atoms with E-state index in [0.717, 1.165) is 31.1 Å². The molecule has 1 aliphatic rings. The Morgan fingerprint density at radius 3 is 2.45 bits per heavy atom. The van der Waals surface area contributed by atoms with Crippen molar-refractivity contribution in [2.75, 3.05) is 27.7 Å². The topological polar surface area (TPSA) is 32.7 Å². The minimum Gasteiger partial charge on any atom is -0.497 e. The molecule has 3 nitrogen and oxygen atoms in total. The summed E-state index contributed by atoms with van der Waals surface area (Å²) >= 11 is 0. The van der Waals surface area contributed by atoms with Gasteiger partial charge in [0.05, 0.1) is 12.7 Å². The number of likely N-dealkylation sites (N-methyl/N-ethyl adjacent to an activating group) is 1. The van der Waals surface area contributed by atoms with Gasteiger partial charge in [0, 0.05) is 30.2 Å². The molecular weight excluding hydrogens is 250 g/mol. The third-order valence-electron chi connectivity index (χ3n) is 2.69. The Kier molecular flexibility index (Phi) is 1.85. The lowest BCUT2D eigenvalue weighted by Crippen LogP contribution is -2.42. The van der Waals surface area contributed by atoms with E-state index in [4.69, 9.17) is 22.6 Å². The maximum absolute atomic E-state index is 11.8. The van der Waals surface area contributed by atoms with Gasteiger partial charge in [-0.3, -0.25) is 0 Å². The van der Waals surface area contributed by atoms with Crippen LogP contribution in [0.5, 0.6) is 5.75 Å². The molecule has 2 rings (SSSR count). The Bertz CT molecular complexity index is 871. The first kappa shape index (κ1) is 5.62. The molecule has 0 bridgehead atoms. The Labute approximate surface area is 140 Å². The second-order valence-electron chi connectivity index (χ2n) is 4.45. The quantitative estimate of drug-likeness (QED) is 0.905. The summed E-state index contributed by atoms with van der Waals surface area (Å²) in [4.78, 5) is 0.753. The molecule has 0 spiro atoms. The molecule has 20 heavy (non-hydrogen) atoms. The van der Waals surface area contributed by atoms with E-state index in [1.165, 1.54) is 19.2 Å². The largest absolute Gasteiger partial charge is 0.497 e. The summed E-state index contributed by atoms with van der Waals surface area (Å²) in [6.07, 6.45) is -19.6. The van der Waals surface area contributed by atoms with Gasteiger partial charge in [0.25, 0.3) is 0 Å². The standard InChI is InChI=1S/C17H27NO2/c1-18(2)13-16(17(19)11-5-4-6-12-17)14-7-9-15(20-3)10-8-14/h7-10,16,19H,4-6,11-13H2,1-3H3/t16-/m1/s1/i4D2,5D2,6D2,11D2,12D2,13D2,16D. The molecule has 0 heterocycles. The SMILES string of the molecule is [2H]C1([2H])C([2H])([2H])C([2H])([2H])C(O)([C@@]([2H])(c2ccc(OC)cc2)C([2H])([2H])N(C)C)C([2H])([2H])C1([2H])[2H]. The monoisotopic (exact) mass is 290 g/mol. The normalized spacial score (nSPS) is 44.4. The Balaban J connectivity index is 3.14. The average Bonchev–Trinajstić information content (AvgIpc) is 2.70. The smallest absolute Gasteiger partial charge is 0.118 e. The van der Waals surface area contributed by atoms with Crippen LogP contribution in [0.3, 0.4) is 0 Å². The second-order valence-corrected chi connectivity index (χ2v) is 4.45. The number of benzene rings is 1. The van der Waals surface area contributed by atoms with Gasteiger partial charge in [0.1, 0.15) is 5.75 Å². The van der Waals surface area contributed by atoms with Gasteiger partial charge in [-0.05, 0) is 44.5 Å². The molecule has 0 saturated heterocycles. The number of aliphatic hydroxyl groups is 1. The highest BCUT2D eigenvalue weighted by atomic mass is 16.5. The number of rotatable bonds is 5. The molecule has 0 aromatic heterocycles. The van der Waals surface area contributed by atoms with Crippen molar-refractivity contribution in [3.05, 3.63) is 29.8 Å². The molecule has 0 aliphatic heterocycles. The molecule has 1 aromatic rings. The lowest BCUT2D eigenvalue weighted by molar-refractivity contribution is -0.0277. The predicted molar refractivity (Wildman–Crippen MR) is 82.3 cm³/mol. The van der Waals surface area contributed by atoms with E-state index < -0.39 is 55.4 Å². The predicted octanol–water partition coefficient (Wildman–Crippen LogP) is 3.04. The van der Waals surface area contributed by atoms with Gasteiger partial charge >= 0.3 is 0 Å². The highest BCUT2D eigenvalue weighted by Gasteiger charge is 2.38. The van der Waals surface area contributed by atoms with Crippen molar-refractivity contribution in [2.45, 2.75) is 43.4 Å². The van der Waals surface area contributed by atoms with Crippen LogP contribution in [0.2, 0.25) is 0 Å². The molecule has 0 amide bonds. The van der Waals surface area contributed by atoms with E-state index in [-0.39, 0.29) is 5.75 Å². The molecular formula is C17H27NO2. The van der Waals surface area contributed by atoms with Crippen molar-refractivity contribution in [2.24, 2.45) is 0 Å². The van der Waals surface area contributed by atoms with Crippen LogP contribution in [-0.2, 0) is 0 Å². The fourth-order valence-corrected chi connectivity index (χ4v) is 1.77. The third kappa shape index (κ3) is 3.53. The van der Waals surface area contributed by atoms with Gasteiger partial charge in [-0.2, -0.15) is 0 Å². The highest BCUT2D eigenvalue weighted by molar-refractivity contribution is 5.31. The van der Waals surface area contributed by atoms with Gasteiger partial charge < -0.3 is 14.7 Å². The van der Waals surface area contributed by atoms with E-state index >= 15 is 0 Å². The van der Waals surface area contributed by atoms with Gasteiger partial charge in [0.2, 0.25) is 0 Å². The van der Waals surface area contributed by atoms with Crippen LogP contribution in [0.1, 0.15) is 61.1 Å². The fourth-order valence-electron chi connectivity index (χ4n) is 1.77. The van der Waals surface area contributed by atoms with Gasteiger partial charge in [-0.15, -0.1) is 0 Å². The first-order chi connectivity index (χ1) is 14.5. The summed E-state index contributed by atoms with van der Waals surface area (Å²) < 4.78 is 114. The molecule has 1 saturated carbocycles. The zero-order valence-corrected chi connectivity index (χ0v) is 11.6. The summed E-state index contributed by atoms with van der Waals surface area (Å²) in [7, 11) is 3.58. The Morgan fingerprint density at radius 1 is 1.35 bits per heavy atom. The summed E-state index contributed by atoms with van der Waals surface area (Å²) in [5.74, 6) is -3.20. The number of ether oxygens (including phenoxy) is 1. The van der Waals surface area contributed by atoms with Crippen LogP contribution in [0.25, 0.3) is 0 Å². The molecule has 1 aromatic carbocycles. The van der Waals surface area contributed by atoms with Crippen molar-refractivity contribution in [3.63, 3.8) is 0 Å². The third-order valence-corrected chi connectivity index (χ3v) is 2.69. The van der Waals surface area contributed by atoms with Crippen LogP contribution in [-0.4, -0.2) is 43.3 Å². The van der Waals surface area contributed by atoms with Gasteiger partial charge in [0.15, 0.2) is 0 Å². The maximum atomic E-state index is 11.8. The van der Waals surface area contributed by atoms with E-state index in [0.29, 0.717) is 0 Å². The number of methoxy groups -OCH3 is 1. The van der Waals surface area contributed by atoms with Crippen LogP contribution < -0.4 is 4.74 Å². The summed E-state index contributed by atoms with van der Waals surface area (Å²) in [5.41, 5.74) is -4.61. The van der Waals surface area contributed by atoms with Crippen molar-refractivity contribution in [1.82, 2.24) is 4.90 Å². The molecule has 1 N–H and O–H groups in total. The van der Waals surface area contributed by atoms with Crippen molar-refractivity contribution >= 4 is 0 Å². The maximum Gasteiger partial charge on any atom is 0.118 e. The minimum atomic E-state index is -4.10. The van der Waals surface area contributed by atoms with Gasteiger partial charge in [-0.25, -0.2) is 0 Å². The first-order valence-corrected chi connectivity index (χ1v) is 6.03. The van der Waals surface area contributed by atoms with Crippen molar-refractivity contribution in [3.8, 4) is 5.75 Å². The van der Waals surface area contributed by atoms with Crippen LogP contribution in [0.4, 0.5) is 0 Å². The number of hydrogen-bond donors (Lipinski definition) is 1. The molecule has 0 radical (unpaired) electrons. The second kappa shape index (κ2) is 6.59. The van der Waals surface area contributed by atoms with E-state index in [1.807, 2.05) is 0 Å². The average molecular weight is 290 g/mol. The first-order valence-electron chi connectivity index (χ1n) is 12.5. The molecule has 0 unspecified atom stereocenters. The zero-order chi connectivity index (χ0) is 26.3. The summed E-state index contributed by atoms with van der Waals surface area (Å²) in [6.45, 7) is -3.13. The molecule has 1 fully saturated rings. The van der Waals surface area contributed by atoms with Crippen LogP contribution in [0.15, 0.2) is 24.3 Å². The van der Waals surface area contributed by atoms with Gasteiger partial charge in [-0.1, -0.05) is 31.3 Å². The Hall–Kier alpha value is -1.06. The van der Waals surface area contributed by atoms with Crippen molar-refractivity contribution < 1.29 is 27.7 Å². The molecule has 3 heteroatoms. The molecule has 112 valence electrons. The van der Waals surface area contributed by atoms with Crippen molar-refractivity contribution in [1.29, 1.82) is 0 Å². The zero-order valence-electron chi connectivity index (χ0n) is 24.6. The summed E-state index contributed by atoms with van der Waals surface area (Å²) in [6, 6.07) is 4.60. The number of nitrogens with zero attached hydrogens (tertiary/aromatic N) is 1. The number of hydrogen-bond acceptors (Lipinski definition) is 3. The van der Waals surface area contributed by atoms with E-state index in [1.54, 1.807) is 0 Å². The molecule has 1 aliphatic carbocycles. The van der Waals surface area contributed by atoms with E-state index in [9.17, 15) is 5.11 Å². The van der Waals surface area contributed by atoms with Crippen LogP contribution in [0, 0.1) is 0 Å². The lowest BCUT2D eigenvalue weighted by atomic mass is 9.72. The van der Waals surface area contributed by atoms with E-state index in [2.05, 4.69) is 0 Å². The lowest BCUT2D eigenvalue weighted by Gasteiger charge is -2.40. The fraction of sp³-hybridized carbons (Fsp3) is 0.647. The van der Waals surface area contributed by atoms with Crippen LogP contribution >= 0.6 is 0 Å². The summed E-state index contributed by atoms with van der Waals surface area (Å²) in [5, 5.41) is 11.8. The Morgan fingerprint density at radius 2 is 1.95 bits per heavy atom. The minimum absolute atomic E-state index is 0.232. The highest BCUT2D eigenvalue weighted by Crippen LogP contribution is 2.40.